The van der Waals surface area contributed by atoms with Crippen LogP contribution in [0.25, 0.3) is 0 Å². The van der Waals surface area contributed by atoms with Gasteiger partial charge in [-0.1, -0.05) is 12.1 Å². The normalized spacial score (nSPS) is 15.1. The first kappa shape index (κ1) is 21.5. The average molecular weight is 401 g/mol. The van der Waals surface area contributed by atoms with Crippen molar-refractivity contribution in [1.82, 2.24) is 10.2 Å². The molecule has 3 amide bonds. The Hall–Kier alpha value is -2.78. The fraction of sp³-hybridized carbons (Fsp3) is 0.500. The number of rotatable bonds is 5. The summed E-state index contributed by atoms with van der Waals surface area (Å²) in [6.45, 7) is 0.440. The van der Waals surface area contributed by atoms with Gasteiger partial charge in [-0.25, -0.2) is 4.79 Å². The molecule has 1 fully saturated rings. The number of nitrogens with one attached hydrogen (secondary N) is 2. The quantitative estimate of drug-likeness (QED) is 0.794. The fourth-order valence-electron chi connectivity index (χ4n) is 2.80. The average Bonchev–Trinajstić information content (AvgIpc) is 2.64. The lowest BCUT2D eigenvalue weighted by atomic mass is 9.96. The van der Waals surface area contributed by atoms with Gasteiger partial charge >= 0.3 is 12.3 Å². The van der Waals surface area contributed by atoms with E-state index in [1.807, 2.05) is 0 Å². The van der Waals surface area contributed by atoms with Gasteiger partial charge in [0.1, 0.15) is 0 Å². The Balaban J connectivity index is 1.73. The Kier molecular flexibility index (Phi) is 7.24. The van der Waals surface area contributed by atoms with E-state index >= 15 is 0 Å². The number of halogens is 3. The lowest BCUT2D eigenvalue weighted by molar-refractivity contribution is -0.162. The van der Waals surface area contributed by atoms with Crippen LogP contribution in [0.15, 0.2) is 24.3 Å². The van der Waals surface area contributed by atoms with E-state index in [1.54, 1.807) is 24.3 Å². The molecule has 2 N–H and O–H groups in total. The van der Waals surface area contributed by atoms with Gasteiger partial charge in [-0.05, 0) is 30.5 Å². The Morgan fingerprint density at radius 3 is 2.29 bits per heavy atom. The van der Waals surface area contributed by atoms with Gasteiger partial charge in [-0.3, -0.25) is 9.59 Å². The van der Waals surface area contributed by atoms with Crippen molar-refractivity contribution >= 4 is 23.6 Å². The molecule has 1 aromatic carbocycles. The second kappa shape index (κ2) is 9.43. The third kappa shape index (κ3) is 7.09. The Morgan fingerprint density at radius 1 is 1.14 bits per heavy atom. The Labute approximate surface area is 160 Å². The number of carbonyl (C=O) groups excluding carboxylic acids is 3. The van der Waals surface area contributed by atoms with Gasteiger partial charge in [0, 0.05) is 38.2 Å². The van der Waals surface area contributed by atoms with Crippen molar-refractivity contribution in [3.63, 3.8) is 0 Å². The first-order valence-electron chi connectivity index (χ1n) is 8.77. The standard InChI is InChI=1S/C18H22F3N3O4/c1-12(25)23-15-4-2-13(3-5-15)10-22-16(26)14-6-8-24(9-7-14)17(27)28-11-18(19,20)21/h2-5,14H,6-11H2,1H3,(H,22,26)(H,23,25). The van der Waals surface area contributed by atoms with Gasteiger partial charge in [0.15, 0.2) is 6.61 Å². The molecule has 0 bridgehead atoms. The maximum absolute atomic E-state index is 12.3. The molecule has 1 aliphatic rings. The number of likely N-dealkylation sites (tertiary alicyclic amines) is 1. The van der Waals surface area contributed by atoms with Crippen molar-refractivity contribution in [3.8, 4) is 0 Å². The molecule has 0 unspecified atom stereocenters. The van der Waals surface area contributed by atoms with Gasteiger partial charge < -0.3 is 20.3 Å². The second-order valence-electron chi connectivity index (χ2n) is 6.53. The number of benzene rings is 1. The SMILES string of the molecule is CC(=O)Nc1ccc(CNC(=O)C2CCN(C(=O)OCC(F)(F)F)CC2)cc1. The molecule has 1 saturated heterocycles. The lowest BCUT2D eigenvalue weighted by Crippen LogP contribution is -2.43. The fourth-order valence-corrected chi connectivity index (χ4v) is 2.80. The van der Waals surface area contributed by atoms with Crippen LogP contribution in [-0.4, -0.2) is 48.7 Å². The molecule has 0 aliphatic carbocycles. The minimum Gasteiger partial charge on any atom is -0.440 e. The van der Waals surface area contributed by atoms with E-state index in [2.05, 4.69) is 15.4 Å². The summed E-state index contributed by atoms with van der Waals surface area (Å²) < 4.78 is 40.5. The van der Waals surface area contributed by atoms with Gasteiger partial charge in [0.05, 0.1) is 0 Å². The largest absolute Gasteiger partial charge is 0.440 e. The summed E-state index contributed by atoms with van der Waals surface area (Å²) in [6, 6.07) is 7.03. The van der Waals surface area contributed by atoms with E-state index in [0.29, 0.717) is 25.1 Å². The van der Waals surface area contributed by atoms with Crippen molar-refractivity contribution in [1.29, 1.82) is 0 Å². The van der Waals surface area contributed by atoms with Gasteiger partial charge in [0.25, 0.3) is 0 Å². The number of hydrogen-bond donors (Lipinski definition) is 2. The number of amides is 3. The predicted molar refractivity (Wildman–Crippen MR) is 94.3 cm³/mol. The van der Waals surface area contributed by atoms with E-state index in [9.17, 15) is 27.6 Å². The Bertz CT molecular complexity index is 699. The molecule has 28 heavy (non-hydrogen) atoms. The Morgan fingerprint density at radius 2 is 1.75 bits per heavy atom. The van der Waals surface area contributed by atoms with Crippen molar-refractivity contribution in [2.45, 2.75) is 32.5 Å². The second-order valence-corrected chi connectivity index (χ2v) is 6.53. The molecule has 1 aliphatic heterocycles. The monoisotopic (exact) mass is 401 g/mol. The highest BCUT2D eigenvalue weighted by Gasteiger charge is 2.32. The number of ether oxygens (including phenoxy) is 1. The number of hydrogen-bond acceptors (Lipinski definition) is 4. The van der Waals surface area contributed by atoms with Crippen LogP contribution in [0.5, 0.6) is 0 Å². The van der Waals surface area contributed by atoms with E-state index in [1.165, 1.54) is 11.8 Å². The van der Waals surface area contributed by atoms with E-state index in [4.69, 9.17) is 0 Å². The zero-order valence-electron chi connectivity index (χ0n) is 15.3. The molecule has 2 rings (SSSR count). The molecule has 7 nitrogen and oxygen atoms in total. The number of anilines is 1. The first-order valence-corrected chi connectivity index (χ1v) is 8.77. The van der Waals surface area contributed by atoms with E-state index < -0.39 is 18.9 Å². The van der Waals surface area contributed by atoms with Crippen LogP contribution in [-0.2, 0) is 20.9 Å². The topological polar surface area (TPSA) is 87.7 Å². The molecular formula is C18H22F3N3O4. The third-order valence-electron chi connectivity index (χ3n) is 4.22. The molecule has 10 heteroatoms. The molecule has 0 spiro atoms. The molecule has 0 atom stereocenters. The van der Waals surface area contributed by atoms with Crippen LogP contribution in [0.2, 0.25) is 0 Å². The molecule has 154 valence electrons. The molecule has 0 aromatic heterocycles. The molecule has 1 heterocycles. The van der Waals surface area contributed by atoms with Crippen LogP contribution >= 0.6 is 0 Å². The highest BCUT2D eigenvalue weighted by Crippen LogP contribution is 2.20. The highest BCUT2D eigenvalue weighted by molar-refractivity contribution is 5.88. The molecule has 1 aromatic rings. The zero-order chi connectivity index (χ0) is 20.7. The summed E-state index contributed by atoms with van der Waals surface area (Å²) in [6.07, 6.45) is -4.87. The van der Waals surface area contributed by atoms with Gasteiger partial charge in [0.2, 0.25) is 11.8 Å². The van der Waals surface area contributed by atoms with Crippen LogP contribution < -0.4 is 10.6 Å². The summed E-state index contributed by atoms with van der Waals surface area (Å²) in [4.78, 5) is 36.0. The lowest BCUT2D eigenvalue weighted by Gasteiger charge is -2.30. The van der Waals surface area contributed by atoms with Crippen LogP contribution in [0.1, 0.15) is 25.3 Å². The minimum atomic E-state index is -4.56. The van der Waals surface area contributed by atoms with Crippen molar-refractivity contribution in [2.75, 3.05) is 25.0 Å². The number of piperidine rings is 1. The minimum absolute atomic E-state index is 0.167. The van der Waals surface area contributed by atoms with Crippen LogP contribution in [0.3, 0.4) is 0 Å². The van der Waals surface area contributed by atoms with Crippen molar-refractivity contribution < 1.29 is 32.3 Å². The third-order valence-corrected chi connectivity index (χ3v) is 4.22. The van der Waals surface area contributed by atoms with Gasteiger partial charge in [-0.2, -0.15) is 13.2 Å². The van der Waals surface area contributed by atoms with E-state index in [0.717, 1.165) is 5.56 Å². The zero-order valence-corrected chi connectivity index (χ0v) is 15.3. The summed E-state index contributed by atoms with van der Waals surface area (Å²) in [5.41, 5.74) is 1.52. The summed E-state index contributed by atoms with van der Waals surface area (Å²) in [7, 11) is 0. The summed E-state index contributed by atoms with van der Waals surface area (Å²) >= 11 is 0. The van der Waals surface area contributed by atoms with Crippen LogP contribution in [0, 0.1) is 5.92 Å². The smallest absolute Gasteiger partial charge is 0.422 e. The number of alkyl halides is 3. The van der Waals surface area contributed by atoms with E-state index in [-0.39, 0.29) is 30.8 Å². The molecular weight excluding hydrogens is 379 g/mol. The summed E-state index contributed by atoms with van der Waals surface area (Å²) in [5.74, 6) is -0.658. The number of carbonyl (C=O) groups is 3. The maximum Gasteiger partial charge on any atom is 0.422 e. The van der Waals surface area contributed by atoms with Crippen molar-refractivity contribution in [3.05, 3.63) is 29.8 Å². The predicted octanol–water partition coefficient (Wildman–Crippen LogP) is 2.67. The van der Waals surface area contributed by atoms with Crippen LogP contribution in [0.4, 0.5) is 23.7 Å². The van der Waals surface area contributed by atoms with Gasteiger partial charge in [-0.15, -0.1) is 0 Å². The van der Waals surface area contributed by atoms with Crippen molar-refractivity contribution in [2.24, 2.45) is 5.92 Å². The summed E-state index contributed by atoms with van der Waals surface area (Å²) in [5, 5.41) is 5.46. The number of nitrogens with zero attached hydrogens (tertiary/aromatic N) is 1. The highest BCUT2D eigenvalue weighted by atomic mass is 19.4. The molecule has 0 radical (unpaired) electrons. The molecule has 0 saturated carbocycles. The maximum atomic E-state index is 12.3. The first-order chi connectivity index (χ1) is 13.1.